The van der Waals surface area contributed by atoms with Crippen molar-refractivity contribution < 1.29 is 35.9 Å². The molecule has 1 atom stereocenters. The number of hydrogen-bond acceptors (Lipinski definition) is 5. The Morgan fingerprint density at radius 3 is 2.21 bits per heavy atom. The lowest BCUT2D eigenvalue weighted by Crippen LogP contribution is -2.58. The van der Waals surface area contributed by atoms with Gasteiger partial charge in [0, 0.05) is 6.04 Å². The van der Waals surface area contributed by atoms with Gasteiger partial charge in [0.05, 0.1) is 11.4 Å². The number of halogens is 3. The molecule has 0 amide bonds. The summed E-state index contributed by atoms with van der Waals surface area (Å²) in [5.41, 5.74) is 0.122. The number of likely N-dealkylation sites (tertiary alicyclic amines) is 1. The Morgan fingerprint density at radius 2 is 1.76 bits per heavy atom. The van der Waals surface area contributed by atoms with Crippen molar-refractivity contribution in [2.24, 2.45) is 5.41 Å². The van der Waals surface area contributed by atoms with Crippen molar-refractivity contribution in [1.29, 1.82) is 0 Å². The zero-order valence-electron chi connectivity index (χ0n) is 18.1. The molecule has 1 saturated carbocycles. The maximum Gasteiger partial charge on any atom is 0.490 e. The largest absolute Gasteiger partial charge is 0.490 e. The van der Waals surface area contributed by atoms with Crippen LogP contribution in [0.15, 0.2) is 51.8 Å². The van der Waals surface area contributed by atoms with Crippen molar-refractivity contribution in [3.8, 4) is 0 Å². The van der Waals surface area contributed by atoms with Gasteiger partial charge in [-0.25, -0.2) is 17.9 Å². The highest BCUT2D eigenvalue weighted by molar-refractivity contribution is 7.89. The molecule has 2 aromatic rings. The Kier molecular flexibility index (Phi) is 7.55. The average Bonchev–Trinajstić information content (AvgIpc) is 3.17. The molecule has 1 aliphatic heterocycles. The van der Waals surface area contributed by atoms with E-state index in [4.69, 9.17) is 14.3 Å². The van der Waals surface area contributed by atoms with Gasteiger partial charge in [-0.3, -0.25) is 4.90 Å². The number of aryl methyl sites for hydroxylation is 1. The molecule has 1 aromatic heterocycles. The standard InChI is InChI=1S/C20H26N2O3S.C2HF3O2/c1-16-7-8-17(25-16)15-22-13-11-20(12-14-22)10-9-19(20)21-26(23,24)18-5-3-2-4-6-18;3-2(4,5)1(6)7/h2-8,19,21H,9-15H2,1H3;(H,6,7). The minimum Gasteiger partial charge on any atom is -0.475 e. The Morgan fingerprint density at radius 1 is 1.15 bits per heavy atom. The number of carboxylic acid groups (broad SMARTS) is 1. The van der Waals surface area contributed by atoms with Gasteiger partial charge in [0.2, 0.25) is 10.0 Å². The third-order valence-electron chi connectivity index (χ3n) is 6.29. The molecule has 2 fully saturated rings. The van der Waals surface area contributed by atoms with E-state index in [1.165, 1.54) is 0 Å². The Balaban J connectivity index is 0.000000383. The maximum absolute atomic E-state index is 12.6. The first-order valence-electron chi connectivity index (χ1n) is 10.6. The van der Waals surface area contributed by atoms with E-state index < -0.39 is 22.2 Å². The first-order chi connectivity index (χ1) is 15.4. The predicted octanol–water partition coefficient (Wildman–Crippen LogP) is 3.94. The highest BCUT2D eigenvalue weighted by Gasteiger charge is 2.49. The van der Waals surface area contributed by atoms with Crippen LogP contribution in [0.1, 0.15) is 37.2 Å². The second-order valence-electron chi connectivity index (χ2n) is 8.48. The highest BCUT2D eigenvalue weighted by Crippen LogP contribution is 2.49. The van der Waals surface area contributed by atoms with E-state index in [-0.39, 0.29) is 11.5 Å². The number of rotatable bonds is 5. The molecule has 1 aliphatic carbocycles. The number of sulfonamides is 1. The van der Waals surface area contributed by atoms with Crippen molar-refractivity contribution in [2.45, 2.75) is 56.3 Å². The second kappa shape index (κ2) is 9.86. The number of furan rings is 1. The molecule has 2 N–H and O–H groups in total. The summed E-state index contributed by atoms with van der Waals surface area (Å²) in [6, 6.07) is 12.8. The summed E-state index contributed by atoms with van der Waals surface area (Å²) in [5.74, 6) is -0.802. The molecule has 0 radical (unpaired) electrons. The quantitative estimate of drug-likeness (QED) is 0.661. The van der Waals surface area contributed by atoms with Crippen LogP contribution in [0.3, 0.4) is 0 Å². The number of nitrogens with one attached hydrogen (secondary N) is 1. The van der Waals surface area contributed by atoms with E-state index in [1.807, 2.05) is 25.1 Å². The minimum atomic E-state index is -5.08. The molecular weight excluding hydrogens is 461 g/mol. The summed E-state index contributed by atoms with van der Waals surface area (Å²) in [5, 5.41) is 7.12. The highest BCUT2D eigenvalue weighted by atomic mass is 32.2. The van der Waals surface area contributed by atoms with Crippen molar-refractivity contribution in [3.63, 3.8) is 0 Å². The molecule has 2 heterocycles. The Labute approximate surface area is 190 Å². The molecular formula is C22H27F3N2O5S. The van der Waals surface area contributed by atoms with Crippen LogP contribution in [-0.2, 0) is 21.4 Å². The number of alkyl halides is 3. The molecule has 182 valence electrons. The van der Waals surface area contributed by atoms with Crippen LogP contribution in [0.5, 0.6) is 0 Å². The molecule has 33 heavy (non-hydrogen) atoms. The molecule has 4 rings (SSSR count). The van der Waals surface area contributed by atoms with Gasteiger partial charge in [-0.2, -0.15) is 13.2 Å². The van der Waals surface area contributed by atoms with Crippen LogP contribution in [0.25, 0.3) is 0 Å². The van der Waals surface area contributed by atoms with Gasteiger partial charge in [0.1, 0.15) is 11.5 Å². The molecule has 11 heteroatoms. The number of carboxylic acids is 1. The SMILES string of the molecule is Cc1ccc(CN2CCC3(CCC3NS(=O)(=O)c3ccccc3)CC2)o1.O=C(O)C(F)(F)F. The summed E-state index contributed by atoms with van der Waals surface area (Å²) in [6.45, 7) is 4.78. The van der Waals surface area contributed by atoms with E-state index in [9.17, 15) is 21.6 Å². The number of hydrogen-bond donors (Lipinski definition) is 2. The number of aliphatic carboxylic acids is 1. The van der Waals surface area contributed by atoms with Gasteiger partial charge in [0.15, 0.2) is 0 Å². The molecule has 0 bridgehead atoms. The molecule has 7 nitrogen and oxygen atoms in total. The van der Waals surface area contributed by atoms with Crippen molar-refractivity contribution in [2.75, 3.05) is 13.1 Å². The van der Waals surface area contributed by atoms with Crippen LogP contribution in [0.2, 0.25) is 0 Å². The van der Waals surface area contributed by atoms with Crippen LogP contribution < -0.4 is 4.72 Å². The van der Waals surface area contributed by atoms with E-state index in [0.717, 1.165) is 56.8 Å². The first-order valence-corrected chi connectivity index (χ1v) is 12.0. The Hall–Kier alpha value is -2.37. The zero-order chi connectivity index (χ0) is 24.3. The number of carbonyl (C=O) groups is 1. The summed E-state index contributed by atoms with van der Waals surface area (Å²) in [6.07, 6.45) is -0.963. The third kappa shape index (κ3) is 6.36. The monoisotopic (exact) mass is 488 g/mol. The molecule has 1 unspecified atom stereocenters. The number of benzene rings is 1. The van der Waals surface area contributed by atoms with Crippen molar-refractivity contribution >= 4 is 16.0 Å². The summed E-state index contributed by atoms with van der Waals surface area (Å²) < 4.78 is 65.7. The smallest absolute Gasteiger partial charge is 0.475 e. The fourth-order valence-corrected chi connectivity index (χ4v) is 5.68. The lowest BCUT2D eigenvalue weighted by molar-refractivity contribution is -0.192. The maximum atomic E-state index is 12.6. The minimum absolute atomic E-state index is 0.0562. The molecule has 1 spiro atoms. The van der Waals surface area contributed by atoms with Gasteiger partial charge in [-0.05, 0) is 75.4 Å². The second-order valence-corrected chi connectivity index (χ2v) is 10.2. The molecule has 2 aliphatic rings. The van der Waals surface area contributed by atoms with Crippen LogP contribution >= 0.6 is 0 Å². The average molecular weight is 489 g/mol. The van der Waals surface area contributed by atoms with Gasteiger partial charge >= 0.3 is 12.1 Å². The van der Waals surface area contributed by atoms with Crippen LogP contribution in [0, 0.1) is 12.3 Å². The summed E-state index contributed by atoms with van der Waals surface area (Å²) in [4.78, 5) is 11.7. The topological polar surface area (TPSA) is 99.9 Å². The van der Waals surface area contributed by atoms with Crippen LogP contribution in [-0.4, -0.2) is 49.7 Å². The summed E-state index contributed by atoms with van der Waals surface area (Å²) in [7, 11) is -3.43. The first kappa shape index (κ1) is 25.3. The van der Waals surface area contributed by atoms with E-state index in [2.05, 4.69) is 9.62 Å². The third-order valence-corrected chi connectivity index (χ3v) is 7.78. The molecule has 1 aromatic carbocycles. The van der Waals surface area contributed by atoms with Gasteiger partial charge in [0.25, 0.3) is 0 Å². The lowest BCUT2D eigenvalue weighted by atomic mass is 9.59. The van der Waals surface area contributed by atoms with Gasteiger partial charge in [-0.15, -0.1) is 0 Å². The fraction of sp³-hybridized carbons (Fsp3) is 0.500. The zero-order valence-corrected chi connectivity index (χ0v) is 19.0. The van der Waals surface area contributed by atoms with Gasteiger partial charge < -0.3 is 9.52 Å². The summed E-state index contributed by atoms with van der Waals surface area (Å²) >= 11 is 0. The van der Waals surface area contributed by atoms with Gasteiger partial charge in [-0.1, -0.05) is 18.2 Å². The predicted molar refractivity (Wildman–Crippen MR) is 114 cm³/mol. The fourth-order valence-electron chi connectivity index (χ4n) is 4.28. The van der Waals surface area contributed by atoms with Crippen molar-refractivity contribution in [1.82, 2.24) is 9.62 Å². The van der Waals surface area contributed by atoms with E-state index in [0.29, 0.717) is 4.90 Å². The van der Waals surface area contributed by atoms with Crippen LogP contribution in [0.4, 0.5) is 13.2 Å². The lowest BCUT2D eigenvalue weighted by Gasteiger charge is -2.53. The molecule has 1 saturated heterocycles. The van der Waals surface area contributed by atoms with E-state index >= 15 is 0 Å². The number of nitrogens with zero attached hydrogens (tertiary/aromatic N) is 1. The Bertz CT molecular complexity index is 1050. The number of piperidine rings is 1. The van der Waals surface area contributed by atoms with E-state index in [1.54, 1.807) is 24.3 Å². The normalized spacial score (nSPS) is 20.5. The van der Waals surface area contributed by atoms with Crippen molar-refractivity contribution in [3.05, 3.63) is 54.0 Å².